The molecule has 1 aliphatic heterocycles. The summed E-state index contributed by atoms with van der Waals surface area (Å²) in [4.78, 5) is 11.4. The van der Waals surface area contributed by atoms with E-state index >= 15 is 0 Å². The molecule has 1 fully saturated rings. The molecule has 1 aromatic rings. The average molecular weight is 205 g/mol. The first-order valence-corrected chi connectivity index (χ1v) is 5.25. The normalized spacial score (nSPS) is 26.1. The molecule has 15 heavy (non-hydrogen) atoms. The highest BCUT2D eigenvalue weighted by Gasteiger charge is 2.41. The Kier molecular flexibility index (Phi) is 2.73. The van der Waals surface area contributed by atoms with Gasteiger partial charge in [0.25, 0.3) is 0 Å². The van der Waals surface area contributed by atoms with E-state index in [9.17, 15) is 9.90 Å². The molecule has 0 aromatic heterocycles. The van der Waals surface area contributed by atoms with Crippen LogP contribution in [0, 0.1) is 0 Å². The molecule has 2 rings (SSSR count). The molecule has 1 heterocycles. The molecule has 1 unspecified atom stereocenters. The van der Waals surface area contributed by atoms with Crippen molar-refractivity contribution >= 4 is 5.97 Å². The number of hydrogen-bond donors (Lipinski definition) is 2. The van der Waals surface area contributed by atoms with Gasteiger partial charge >= 0.3 is 5.97 Å². The fourth-order valence-electron chi connectivity index (χ4n) is 2.21. The first-order chi connectivity index (χ1) is 7.26. The van der Waals surface area contributed by atoms with E-state index in [1.54, 1.807) is 0 Å². The van der Waals surface area contributed by atoms with Crippen LogP contribution in [0.5, 0.6) is 0 Å². The molecule has 0 spiro atoms. The Morgan fingerprint density at radius 3 is 2.60 bits per heavy atom. The lowest BCUT2D eigenvalue weighted by molar-refractivity contribution is -0.144. The summed E-state index contributed by atoms with van der Waals surface area (Å²) in [7, 11) is 0. The predicted molar refractivity (Wildman–Crippen MR) is 57.9 cm³/mol. The first-order valence-electron chi connectivity index (χ1n) is 5.25. The number of nitrogens with one attached hydrogen (secondary N) is 1. The molecule has 0 bridgehead atoms. The second kappa shape index (κ2) is 4.03. The van der Waals surface area contributed by atoms with Crippen molar-refractivity contribution in [3.8, 4) is 0 Å². The Hall–Kier alpha value is -1.35. The summed E-state index contributed by atoms with van der Waals surface area (Å²) in [5.74, 6) is -0.721. The highest BCUT2D eigenvalue weighted by Crippen LogP contribution is 2.31. The van der Waals surface area contributed by atoms with Gasteiger partial charge in [0.2, 0.25) is 0 Å². The zero-order chi connectivity index (χ0) is 10.7. The van der Waals surface area contributed by atoms with Crippen LogP contribution in [0.1, 0.15) is 18.4 Å². The zero-order valence-corrected chi connectivity index (χ0v) is 8.57. The monoisotopic (exact) mass is 205 g/mol. The summed E-state index contributed by atoms with van der Waals surface area (Å²) in [6.07, 6.45) is 1.64. The summed E-state index contributed by atoms with van der Waals surface area (Å²) >= 11 is 0. The molecule has 0 amide bonds. The topological polar surface area (TPSA) is 49.3 Å². The van der Waals surface area contributed by atoms with Crippen molar-refractivity contribution < 1.29 is 9.90 Å². The lowest BCUT2D eigenvalue weighted by atomic mass is 9.75. The summed E-state index contributed by atoms with van der Waals surface area (Å²) in [6.45, 7) is 1.45. The van der Waals surface area contributed by atoms with Gasteiger partial charge in [-0.05, 0) is 24.9 Å². The molecule has 0 saturated carbocycles. The van der Waals surface area contributed by atoms with E-state index in [4.69, 9.17) is 0 Å². The second-order valence-electron chi connectivity index (χ2n) is 4.03. The molecule has 2 N–H and O–H groups in total. The summed E-state index contributed by atoms with van der Waals surface area (Å²) in [5.41, 5.74) is 0.184. The van der Waals surface area contributed by atoms with Crippen molar-refractivity contribution in [1.29, 1.82) is 0 Å². The van der Waals surface area contributed by atoms with Gasteiger partial charge in [0.15, 0.2) is 0 Å². The number of carboxylic acids is 1. The molecule has 1 aromatic carbocycles. The Morgan fingerprint density at radius 1 is 1.33 bits per heavy atom. The first kappa shape index (κ1) is 10.2. The smallest absolute Gasteiger partial charge is 0.315 e. The number of aliphatic carboxylic acids is 1. The van der Waals surface area contributed by atoms with Gasteiger partial charge in [0.1, 0.15) is 5.41 Å². The van der Waals surface area contributed by atoms with Gasteiger partial charge in [0.05, 0.1) is 0 Å². The summed E-state index contributed by atoms with van der Waals surface area (Å²) in [6, 6.07) is 9.51. The van der Waals surface area contributed by atoms with Crippen LogP contribution in [0.15, 0.2) is 30.3 Å². The zero-order valence-electron chi connectivity index (χ0n) is 8.57. The van der Waals surface area contributed by atoms with Gasteiger partial charge < -0.3 is 10.4 Å². The van der Waals surface area contributed by atoms with Crippen molar-refractivity contribution in [2.75, 3.05) is 13.1 Å². The van der Waals surface area contributed by atoms with Gasteiger partial charge in [-0.25, -0.2) is 0 Å². The fraction of sp³-hybridized carbons (Fsp3) is 0.417. The Labute approximate surface area is 89.1 Å². The SMILES string of the molecule is O=C(O)C1(c2ccccc2)CCCNC1. The van der Waals surface area contributed by atoms with E-state index in [0.717, 1.165) is 24.9 Å². The lowest BCUT2D eigenvalue weighted by Gasteiger charge is -2.34. The van der Waals surface area contributed by atoms with E-state index in [0.29, 0.717) is 6.54 Å². The minimum Gasteiger partial charge on any atom is -0.481 e. The molecule has 3 nitrogen and oxygen atoms in total. The average Bonchev–Trinajstić information content (AvgIpc) is 2.31. The van der Waals surface area contributed by atoms with Crippen LogP contribution in [0.25, 0.3) is 0 Å². The molecular weight excluding hydrogens is 190 g/mol. The van der Waals surface area contributed by atoms with Gasteiger partial charge in [-0.3, -0.25) is 4.79 Å². The third kappa shape index (κ3) is 1.75. The fourth-order valence-corrected chi connectivity index (χ4v) is 2.21. The van der Waals surface area contributed by atoms with Gasteiger partial charge in [-0.2, -0.15) is 0 Å². The standard InChI is InChI=1S/C12H15NO2/c14-11(15)12(7-4-8-13-9-12)10-5-2-1-3-6-10/h1-3,5-6,13H,4,7-9H2,(H,14,15). The number of hydrogen-bond acceptors (Lipinski definition) is 2. The highest BCUT2D eigenvalue weighted by molar-refractivity contribution is 5.82. The van der Waals surface area contributed by atoms with E-state index in [2.05, 4.69) is 5.32 Å². The summed E-state index contributed by atoms with van der Waals surface area (Å²) in [5, 5.41) is 12.6. The van der Waals surface area contributed by atoms with Crippen LogP contribution in [0.4, 0.5) is 0 Å². The molecular formula is C12H15NO2. The number of benzene rings is 1. The van der Waals surface area contributed by atoms with Crippen LogP contribution in [0.3, 0.4) is 0 Å². The van der Waals surface area contributed by atoms with Crippen molar-refractivity contribution in [1.82, 2.24) is 5.32 Å². The Bertz CT molecular complexity index is 342. The quantitative estimate of drug-likeness (QED) is 0.767. The molecule has 1 atom stereocenters. The Balaban J connectivity index is 2.38. The van der Waals surface area contributed by atoms with Crippen LogP contribution in [-0.2, 0) is 10.2 Å². The van der Waals surface area contributed by atoms with Crippen LogP contribution in [-0.4, -0.2) is 24.2 Å². The third-order valence-corrected chi connectivity index (χ3v) is 3.12. The molecule has 1 aliphatic rings. The minimum absolute atomic E-state index is 0.534. The molecule has 0 aliphatic carbocycles. The lowest BCUT2D eigenvalue weighted by Crippen LogP contribution is -2.48. The van der Waals surface area contributed by atoms with E-state index < -0.39 is 11.4 Å². The molecule has 80 valence electrons. The number of carbonyl (C=O) groups is 1. The summed E-state index contributed by atoms with van der Waals surface area (Å²) < 4.78 is 0. The van der Waals surface area contributed by atoms with Crippen LogP contribution in [0.2, 0.25) is 0 Å². The second-order valence-corrected chi connectivity index (χ2v) is 4.03. The largest absolute Gasteiger partial charge is 0.481 e. The number of rotatable bonds is 2. The number of carboxylic acid groups (broad SMARTS) is 1. The number of piperidine rings is 1. The van der Waals surface area contributed by atoms with E-state index in [1.807, 2.05) is 30.3 Å². The third-order valence-electron chi connectivity index (χ3n) is 3.12. The van der Waals surface area contributed by atoms with E-state index in [-0.39, 0.29) is 0 Å². The van der Waals surface area contributed by atoms with Crippen molar-refractivity contribution in [2.24, 2.45) is 0 Å². The molecule has 0 radical (unpaired) electrons. The maximum absolute atomic E-state index is 11.4. The van der Waals surface area contributed by atoms with Crippen molar-refractivity contribution in [3.63, 3.8) is 0 Å². The van der Waals surface area contributed by atoms with Crippen LogP contribution < -0.4 is 5.32 Å². The van der Waals surface area contributed by atoms with E-state index in [1.165, 1.54) is 0 Å². The minimum atomic E-state index is -0.723. The van der Waals surface area contributed by atoms with Crippen molar-refractivity contribution in [3.05, 3.63) is 35.9 Å². The van der Waals surface area contributed by atoms with Gasteiger partial charge in [-0.1, -0.05) is 30.3 Å². The van der Waals surface area contributed by atoms with Crippen LogP contribution >= 0.6 is 0 Å². The van der Waals surface area contributed by atoms with Gasteiger partial charge in [-0.15, -0.1) is 0 Å². The Morgan fingerprint density at radius 2 is 2.07 bits per heavy atom. The maximum atomic E-state index is 11.4. The molecule has 1 saturated heterocycles. The van der Waals surface area contributed by atoms with Crippen molar-refractivity contribution in [2.45, 2.75) is 18.3 Å². The predicted octanol–water partition coefficient (Wildman–Crippen LogP) is 1.39. The molecule has 3 heteroatoms. The highest BCUT2D eigenvalue weighted by atomic mass is 16.4. The maximum Gasteiger partial charge on any atom is 0.315 e. The van der Waals surface area contributed by atoms with Gasteiger partial charge in [0, 0.05) is 6.54 Å².